The first-order valence-corrected chi connectivity index (χ1v) is 28.9. The lowest BCUT2D eigenvalue weighted by Gasteiger charge is -2.15. The van der Waals surface area contributed by atoms with Gasteiger partial charge in [0.05, 0.1) is 5.92 Å². The number of rotatable bonds is 53. The molecule has 0 aromatic heterocycles. The molecule has 0 aromatic carbocycles. The largest absolute Gasteiger partial charge is 0.393 e. The summed E-state index contributed by atoms with van der Waals surface area (Å²) in [6.07, 6.45) is 68.4. The highest BCUT2D eigenvalue weighted by molar-refractivity contribution is 5.86. The lowest BCUT2D eigenvalue weighted by Crippen LogP contribution is -2.21. The quantitative estimate of drug-likeness (QED) is 0.0348. The summed E-state index contributed by atoms with van der Waals surface area (Å²) in [6, 6.07) is 0. The van der Waals surface area contributed by atoms with Crippen LogP contribution in [0.2, 0.25) is 0 Å². The van der Waals surface area contributed by atoms with Gasteiger partial charge in [0, 0.05) is 6.42 Å². The van der Waals surface area contributed by atoms with Gasteiger partial charge in [0.1, 0.15) is 0 Å². The molecule has 0 radical (unpaired) electrons. The van der Waals surface area contributed by atoms with Crippen LogP contribution in [0.15, 0.2) is 0 Å². The second-order valence-corrected chi connectivity index (χ2v) is 20.1. The topological polar surface area (TPSA) is 43.4 Å². The lowest BCUT2D eigenvalue weighted by molar-refractivity contribution is -0.163. The molecule has 3 nitrogen and oxygen atoms in total. The monoisotopic (exact) mass is 859 g/mol. The Morgan fingerprint density at radius 1 is 0.262 bits per heavy atom. The molecule has 0 spiro atoms. The van der Waals surface area contributed by atoms with Crippen molar-refractivity contribution >= 4 is 11.9 Å². The zero-order valence-corrected chi connectivity index (χ0v) is 42.6. The van der Waals surface area contributed by atoms with Gasteiger partial charge in [0.2, 0.25) is 0 Å². The van der Waals surface area contributed by atoms with Gasteiger partial charge >= 0.3 is 11.9 Å². The summed E-state index contributed by atoms with van der Waals surface area (Å²) in [5.41, 5.74) is 0. The van der Waals surface area contributed by atoms with Gasteiger partial charge in [0.25, 0.3) is 0 Å². The third-order valence-electron chi connectivity index (χ3n) is 13.8. The number of unbranched alkanes of at least 4 members (excludes halogenated alkanes) is 46. The van der Waals surface area contributed by atoms with Crippen LogP contribution >= 0.6 is 0 Å². The first kappa shape index (κ1) is 60.1. The van der Waals surface area contributed by atoms with E-state index in [1.54, 1.807) is 0 Å². The zero-order chi connectivity index (χ0) is 44.2. The lowest BCUT2D eigenvalue weighted by atomic mass is 9.94. The van der Waals surface area contributed by atoms with Crippen LogP contribution in [0.4, 0.5) is 0 Å². The van der Waals surface area contributed by atoms with Gasteiger partial charge in [-0.1, -0.05) is 329 Å². The van der Waals surface area contributed by atoms with E-state index >= 15 is 0 Å². The fourth-order valence-electron chi connectivity index (χ4n) is 9.50. The van der Waals surface area contributed by atoms with Crippen molar-refractivity contribution in [2.24, 2.45) is 5.92 Å². The van der Waals surface area contributed by atoms with Crippen LogP contribution in [0.1, 0.15) is 355 Å². The summed E-state index contributed by atoms with van der Waals surface area (Å²) in [7, 11) is 0. The molecule has 0 aromatic rings. The van der Waals surface area contributed by atoms with E-state index in [9.17, 15) is 9.59 Å². The Morgan fingerprint density at radius 2 is 0.443 bits per heavy atom. The van der Waals surface area contributed by atoms with Crippen molar-refractivity contribution < 1.29 is 14.3 Å². The summed E-state index contributed by atoms with van der Waals surface area (Å²) in [5, 5.41) is 0. The highest BCUT2D eigenvalue weighted by Gasteiger charge is 2.22. The minimum atomic E-state index is -0.283. The van der Waals surface area contributed by atoms with Crippen LogP contribution < -0.4 is 0 Å². The summed E-state index contributed by atoms with van der Waals surface area (Å²) in [4.78, 5) is 26.0. The van der Waals surface area contributed by atoms with Crippen molar-refractivity contribution in [3.8, 4) is 0 Å². The summed E-state index contributed by atoms with van der Waals surface area (Å²) >= 11 is 0. The maximum Gasteiger partial charge on any atom is 0.316 e. The smallest absolute Gasteiger partial charge is 0.316 e. The number of carbonyl (C=O) groups is 2. The molecule has 364 valence electrons. The molecule has 1 unspecified atom stereocenters. The van der Waals surface area contributed by atoms with Crippen molar-refractivity contribution in [1.82, 2.24) is 0 Å². The maximum atomic E-state index is 13.3. The Balaban J connectivity index is 4.16. The average Bonchev–Trinajstić information content (AvgIpc) is 3.26. The Kier molecular flexibility index (Phi) is 52.7. The maximum absolute atomic E-state index is 13.3. The minimum absolute atomic E-state index is 0.0992. The van der Waals surface area contributed by atoms with Gasteiger partial charge in [-0.15, -0.1) is 0 Å². The molecule has 0 N–H and O–H groups in total. The molecule has 61 heavy (non-hydrogen) atoms. The second-order valence-electron chi connectivity index (χ2n) is 20.1. The fraction of sp³-hybridized carbons (Fsp3) is 0.966. The van der Waals surface area contributed by atoms with Crippen molar-refractivity contribution in [3.05, 3.63) is 0 Å². The Hall–Kier alpha value is -0.860. The molecule has 0 aliphatic carbocycles. The Bertz CT molecular complexity index is 837. The molecule has 0 fully saturated rings. The normalized spacial score (nSPS) is 12.0. The van der Waals surface area contributed by atoms with Crippen molar-refractivity contribution in [2.45, 2.75) is 355 Å². The van der Waals surface area contributed by atoms with E-state index in [0.29, 0.717) is 6.42 Å². The molecular weight excluding hydrogens is 745 g/mol. The van der Waals surface area contributed by atoms with Gasteiger partial charge < -0.3 is 4.74 Å². The standard InChI is InChI=1S/C58H114O3/c1-4-7-10-13-16-19-22-25-28-29-30-31-32-34-36-39-42-45-48-51-54-56(53-50-47-44-41-38-35-27-24-21-18-15-12-9-6-3)58(60)61-57(59)55-52-49-46-43-40-37-33-26-23-20-17-14-11-8-5-2/h56H,4-55H2,1-3H3. The predicted octanol–water partition coefficient (Wildman–Crippen LogP) is 21.0. The predicted molar refractivity (Wildman–Crippen MR) is 272 cm³/mol. The van der Waals surface area contributed by atoms with Crippen LogP contribution in [-0.2, 0) is 14.3 Å². The van der Waals surface area contributed by atoms with E-state index in [4.69, 9.17) is 4.74 Å². The fourth-order valence-corrected chi connectivity index (χ4v) is 9.50. The molecular formula is C58H114O3. The minimum Gasteiger partial charge on any atom is -0.393 e. The zero-order valence-electron chi connectivity index (χ0n) is 42.6. The summed E-state index contributed by atoms with van der Waals surface area (Å²) in [5.74, 6) is -0.606. The molecule has 0 heterocycles. The van der Waals surface area contributed by atoms with Crippen LogP contribution in [0.5, 0.6) is 0 Å². The van der Waals surface area contributed by atoms with Crippen molar-refractivity contribution in [1.29, 1.82) is 0 Å². The Morgan fingerprint density at radius 3 is 0.656 bits per heavy atom. The van der Waals surface area contributed by atoms with Crippen molar-refractivity contribution in [2.75, 3.05) is 0 Å². The number of ether oxygens (including phenoxy) is 1. The highest BCUT2D eigenvalue weighted by Crippen LogP contribution is 2.23. The van der Waals surface area contributed by atoms with Crippen LogP contribution in [0.25, 0.3) is 0 Å². The molecule has 0 saturated carbocycles. The third kappa shape index (κ3) is 50.0. The molecule has 0 bridgehead atoms. The van der Waals surface area contributed by atoms with Crippen LogP contribution in [0, 0.1) is 5.92 Å². The second kappa shape index (κ2) is 53.5. The van der Waals surface area contributed by atoms with E-state index in [2.05, 4.69) is 20.8 Å². The van der Waals surface area contributed by atoms with E-state index in [0.717, 1.165) is 38.5 Å². The Labute approximate surface area is 385 Å². The first-order chi connectivity index (χ1) is 30.2. The first-order valence-electron chi connectivity index (χ1n) is 28.9. The molecule has 0 aliphatic heterocycles. The highest BCUT2D eigenvalue weighted by atomic mass is 16.6. The van der Waals surface area contributed by atoms with Crippen LogP contribution in [0.3, 0.4) is 0 Å². The van der Waals surface area contributed by atoms with Crippen molar-refractivity contribution in [3.63, 3.8) is 0 Å². The van der Waals surface area contributed by atoms with E-state index in [1.807, 2.05) is 0 Å². The summed E-state index contributed by atoms with van der Waals surface area (Å²) in [6.45, 7) is 6.88. The van der Waals surface area contributed by atoms with Crippen LogP contribution in [-0.4, -0.2) is 11.9 Å². The molecule has 0 saturated heterocycles. The van der Waals surface area contributed by atoms with Gasteiger partial charge in [-0.05, 0) is 19.3 Å². The van der Waals surface area contributed by atoms with Gasteiger partial charge in [-0.3, -0.25) is 9.59 Å². The van der Waals surface area contributed by atoms with Gasteiger partial charge in [0.15, 0.2) is 0 Å². The summed E-state index contributed by atoms with van der Waals surface area (Å²) < 4.78 is 5.52. The molecule has 1 atom stereocenters. The number of hydrogen-bond acceptors (Lipinski definition) is 3. The molecule has 0 rings (SSSR count). The SMILES string of the molecule is CCCCCCCCCCCCCCCCCCCCCCC(CCCCCCCCCCCCCCCC)C(=O)OC(=O)CCCCCCCCCCCCCCCCC. The third-order valence-corrected chi connectivity index (χ3v) is 13.8. The molecule has 3 heteroatoms. The average molecular weight is 860 g/mol. The van der Waals surface area contributed by atoms with Gasteiger partial charge in [-0.25, -0.2) is 0 Å². The van der Waals surface area contributed by atoms with E-state index < -0.39 is 0 Å². The molecule has 0 amide bonds. The number of hydrogen-bond donors (Lipinski definition) is 0. The number of esters is 2. The van der Waals surface area contributed by atoms with E-state index in [-0.39, 0.29) is 17.9 Å². The van der Waals surface area contributed by atoms with E-state index in [1.165, 1.54) is 289 Å². The van der Waals surface area contributed by atoms with Gasteiger partial charge in [-0.2, -0.15) is 0 Å². The molecule has 0 aliphatic rings. The number of carbonyl (C=O) groups excluding carboxylic acids is 2.